The van der Waals surface area contributed by atoms with Gasteiger partial charge in [-0.2, -0.15) is 0 Å². The fraction of sp³-hybridized carbons (Fsp3) is 0.600. The number of rotatable bonds is 4. The smallest absolute Gasteiger partial charge is 0.0263 e. The highest BCUT2D eigenvalue weighted by atomic mass is 32.2. The molecule has 0 fully saturated rings. The monoisotopic (exact) mass is 249 g/mol. The highest BCUT2D eigenvalue weighted by molar-refractivity contribution is 8.00. The number of nitrogens with zero attached hydrogens (tertiary/aromatic N) is 1. The first-order chi connectivity index (χ1) is 8.08. The first kappa shape index (κ1) is 13.0. The zero-order valence-electron chi connectivity index (χ0n) is 11.3. The minimum absolute atomic E-state index is 0.666. The topological polar surface area (TPSA) is 3.24 Å². The Morgan fingerprint density at radius 2 is 2.00 bits per heavy atom. The van der Waals surface area contributed by atoms with Gasteiger partial charge in [-0.3, -0.25) is 0 Å². The van der Waals surface area contributed by atoms with E-state index in [2.05, 4.69) is 68.7 Å². The van der Waals surface area contributed by atoms with Crippen molar-refractivity contribution < 1.29 is 0 Å². The molecule has 2 atom stereocenters. The van der Waals surface area contributed by atoms with Gasteiger partial charge in [0.25, 0.3) is 0 Å². The highest BCUT2D eigenvalue weighted by Crippen LogP contribution is 2.37. The quantitative estimate of drug-likeness (QED) is 0.801. The predicted molar refractivity (Wildman–Crippen MR) is 76.7 cm³/mol. The van der Waals surface area contributed by atoms with Gasteiger partial charge in [-0.1, -0.05) is 32.0 Å². The van der Waals surface area contributed by atoms with E-state index in [0.29, 0.717) is 6.04 Å². The summed E-state index contributed by atoms with van der Waals surface area (Å²) in [5.74, 6) is 0.730. The summed E-state index contributed by atoms with van der Waals surface area (Å²) in [5.41, 5.74) is 1.54. The maximum absolute atomic E-state index is 2.51. The molecule has 17 heavy (non-hydrogen) atoms. The fourth-order valence-corrected chi connectivity index (χ4v) is 3.74. The fourth-order valence-electron chi connectivity index (χ4n) is 2.35. The molecule has 1 aromatic carbocycles. The van der Waals surface area contributed by atoms with Crippen LogP contribution in [0.2, 0.25) is 0 Å². The number of hydrogen-bond acceptors (Lipinski definition) is 2. The molecule has 94 valence electrons. The Morgan fingerprint density at radius 3 is 2.65 bits per heavy atom. The van der Waals surface area contributed by atoms with Gasteiger partial charge in [0, 0.05) is 22.7 Å². The van der Waals surface area contributed by atoms with Gasteiger partial charge in [0.1, 0.15) is 0 Å². The van der Waals surface area contributed by atoms with E-state index in [4.69, 9.17) is 0 Å². The van der Waals surface area contributed by atoms with Crippen molar-refractivity contribution >= 4 is 11.8 Å². The van der Waals surface area contributed by atoms with E-state index >= 15 is 0 Å². The normalized spacial score (nSPS) is 20.9. The highest BCUT2D eigenvalue weighted by Gasteiger charge is 2.24. The van der Waals surface area contributed by atoms with Crippen molar-refractivity contribution in [3.05, 3.63) is 29.8 Å². The molecule has 2 unspecified atom stereocenters. The molecule has 0 aliphatic carbocycles. The summed E-state index contributed by atoms with van der Waals surface area (Å²) in [4.78, 5) is 4.00. The van der Waals surface area contributed by atoms with Crippen LogP contribution in [0.15, 0.2) is 29.2 Å². The first-order valence-electron chi connectivity index (χ1n) is 6.52. The number of benzene rings is 1. The molecule has 0 spiro atoms. The second kappa shape index (κ2) is 5.45. The van der Waals surface area contributed by atoms with Crippen molar-refractivity contribution in [2.45, 2.75) is 43.4 Å². The third-order valence-electron chi connectivity index (χ3n) is 3.87. The van der Waals surface area contributed by atoms with Gasteiger partial charge in [-0.15, -0.1) is 11.8 Å². The van der Waals surface area contributed by atoms with Crippen molar-refractivity contribution in [3.8, 4) is 0 Å². The Bertz CT molecular complexity index is 350. The lowest BCUT2D eigenvalue weighted by molar-refractivity contribution is 0.209. The molecule has 1 aliphatic heterocycles. The van der Waals surface area contributed by atoms with Gasteiger partial charge in [0.05, 0.1) is 0 Å². The molecule has 0 bridgehead atoms. The molecular weight excluding hydrogens is 226 g/mol. The third kappa shape index (κ3) is 3.05. The van der Waals surface area contributed by atoms with Crippen LogP contribution >= 0.6 is 11.8 Å². The molecule has 2 heteroatoms. The average molecular weight is 249 g/mol. The van der Waals surface area contributed by atoms with Gasteiger partial charge in [-0.05, 0) is 37.9 Å². The SMILES string of the molecule is CC(C)C(C)N(C)CC1Cc2ccccc2S1. The van der Waals surface area contributed by atoms with E-state index in [1.807, 2.05) is 0 Å². The van der Waals surface area contributed by atoms with Crippen LogP contribution in [-0.4, -0.2) is 29.8 Å². The summed E-state index contributed by atoms with van der Waals surface area (Å²) in [6.07, 6.45) is 1.23. The molecule has 0 saturated heterocycles. The predicted octanol–water partition coefficient (Wildman–Crippen LogP) is 3.68. The summed E-state index contributed by atoms with van der Waals surface area (Å²) >= 11 is 2.05. The molecule has 0 N–H and O–H groups in total. The zero-order valence-corrected chi connectivity index (χ0v) is 12.1. The van der Waals surface area contributed by atoms with E-state index in [1.165, 1.54) is 23.4 Å². The van der Waals surface area contributed by atoms with Crippen LogP contribution in [0.4, 0.5) is 0 Å². The second-order valence-electron chi connectivity index (χ2n) is 5.48. The molecule has 1 heterocycles. The van der Waals surface area contributed by atoms with Crippen molar-refractivity contribution in [1.82, 2.24) is 4.90 Å². The Labute approximate surface area is 110 Å². The zero-order chi connectivity index (χ0) is 12.4. The first-order valence-corrected chi connectivity index (χ1v) is 7.40. The molecule has 0 radical (unpaired) electrons. The lowest BCUT2D eigenvalue weighted by atomic mass is 10.0. The van der Waals surface area contributed by atoms with Crippen molar-refractivity contribution in [3.63, 3.8) is 0 Å². The summed E-state index contributed by atoms with van der Waals surface area (Å²) in [6.45, 7) is 8.13. The van der Waals surface area contributed by atoms with Gasteiger partial charge >= 0.3 is 0 Å². The summed E-state index contributed by atoms with van der Waals surface area (Å²) < 4.78 is 0. The van der Waals surface area contributed by atoms with E-state index in [1.54, 1.807) is 0 Å². The minimum Gasteiger partial charge on any atom is -0.302 e. The molecule has 1 aromatic rings. The lowest BCUT2D eigenvalue weighted by Gasteiger charge is -2.29. The van der Waals surface area contributed by atoms with Crippen LogP contribution in [0.5, 0.6) is 0 Å². The van der Waals surface area contributed by atoms with Gasteiger partial charge < -0.3 is 4.90 Å². The van der Waals surface area contributed by atoms with Crippen LogP contribution in [0.1, 0.15) is 26.3 Å². The maximum atomic E-state index is 2.51. The van der Waals surface area contributed by atoms with Crippen molar-refractivity contribution in [2.75, 3.05) is 13.6 Å². The van der Waals surface area contributed by atoms with Crippen LogP contribution in [0, 0.1) is 5.92 Å². The van der Waals surface area contributed by atoms with Gasteiger partial charge in [-0.25, -0.2) is 0 Å². The Balaban J connectivity index is 1.91. The molecule has 2 rings (SSSR count). The second-order valence-corrected chi connectivity index (χ2v) is 6.82. The Morgan fingerprint density at radius 1 is 1.29 bits per heavy atom. The van der Waals surface area contributed by atoms with Crippen LogP contribution in [0.3, 0.4) is 0 Å². The minimum atomic E-state index is 0.666. The molecule has 0 aromatic heterocycles. The van der Waals surface area contributed by atoms with Gasteiger partial charge in [0.15, 0.2) is 0 Å². The van der Waals surface area contributed by atoms with Crippen molar-refractivity contribution in [1.29, 1.82) is 0 Å². The summed E-state index contributed by atoms with van der Waals surface area (Å²) in [6, 6.07) is 9.50. The largest absolute Gasteiger partial charge is 0.302 e. The number of thioether (sulfide) groups is 1. The number of fused-ring (bicyclic) bond motifs is 1. The van der Waals surface area contributed by atoms with E-state index in [0.717, 1.165) is 11.2 Å². The summed E-state index contributed by atoms with van der Waals surface area (Å²) in [5, 5.41) is 0.735. The standard InChI is InChI=1S/C15H23NS/c1-11(2)12(3)16(4)10-14-9-13-7-5-6-8-15(13)17-14/h5-8,11-12,14H,9-10H2,1-4H3. The number of hydrogen-bond donors (Lipinski definition) is 0. The molecule has 1 aliphatic rings. The molecule has 0 amide bonds. The Kier molecular flexibility index (Phi) is 4.16. The van der Waals surface area contributed by atoms with E-state index in [9.17, 15) is 0 Å². The van der Waals surface area contributed by atoms with E-state index < -0.39 is 0 Å². The Hall–Kier alpha value is -0.470. The average Bonchev–Trinajstić information content (AvgIpc) is 2.69. The molecule has 1 nitrogen and oxygen atoms in total. The van der Waals surface area contributed by atoms with Crippen LogP contribution < -0.4 is 0 Å². The maximum Gasteiger partial charge on any atom is 0.0263 e. The molecule has 0 saturated carbocycles. The third-order valence-corrected chi connectivity index (χ3v) is 5.17. The van der Waals surface area contributed by atoms with Crippen LogP contribution in [0.25, 0.3) is 0 Å². The van der Waals surface area contributed by atoms with Crippen molar-refractivity contribution in [2.24, 2.45) is 5.92 Å². The van der Waals surface area contributed by atoms with Gasteiger partial charge in [0.2, 0.25) is 0 Å². The summed E-state index contributed by atoms with van der Waals surface area (Å²) in [7, 11) is 2.26. The molecular formula is C15H23NS. The van der Waals surface area contributed by atoms with E-state index in [-0.39, 0.29) is 0 Å². The lowest BCUT2D eigenvalue weighted by Crippen LogP contribution is -2.37. The van der Waals surface area contributed by atoms with Crippen LogP contribution in [-0.2, 0) is 6.42 Å².